The molecule has 0 aliphatic heterocycles. The molecule has 2 rings (SSSR count). The van der Waals surface area contributed by atoms with Crippen molar-refractivity contribution in [2.45, 2.75) is 0 Å². The number of ether oxygens (including phenoxy) is 1. The highest BCUT2D eigenvalue weighted by Gasteiger charge is 2.17. The van der Waals surface area contributed by atoms with E-state index in [0.717, 1.165) is 0 Å². The van der Waals surface area contributed by atoms with Gasteiger partial charge in [-0.05, 0) is 12.1 Å². The van der Waals surface area contributed by atoms with E-state index in [1.165, 1.54) is 25.3 Å². The number of H-pyrrole nitrogens is 1. The molecule has 88 valence electrons. The summed E-state index contributed by atoms with van der Waals surface area (Å²) in [6.45, 7) is 0. The molecule has 0 aliphatic rings. The molecule has 0 fully saturated rings. The summed E-state index contributed by atoms with van der Waals surface area (Å²) in [5, 5.41) is 17.3. The van der Waals surface area contributed by atoms with Crippen LogP contribution in [0.25, 0.3) is 11.3 Å². The van der Waals surface area contributed by atoms with Gasteiger partial charge in [-0.1, -0.05) is 0 Å². The molecular formula is C10H10N4O3. The van der Waals surface area contributed by atoms with Crippen LogP contribution in [0.2, 0.25) is 0 Å². The normalized spacial score (nSPS) is 10.2. The number of hydrogen-bond donors (Lipinski definition) is 2. The average molecular weight is 234 g/mol. The van der Waals surface area contributed by atoms with E-state index in [-0.39, 0.29) is 11.5 Å². The van der Waals surface area contributed by atoms with Crippen LogP contribution in [-0.4, -0.2) is 22.2 Å². The molecule has 17 heavy (non-hydrogen) atoms. The van der Waals surface area contributed by atoms with Crippen molar-refractivity contribution < 1.29 is 9.66 Å². The molecule has 0 aliphatic carbocycles. The maximum Gasteiger partial charge on any atom is 0.279 e. The van der Waals surface area contributed by atoms with Gasteiger partial charge in [0.25, 0.3) is 5.69 Å². The van der Waals surface area contributed by atoms with E-state index in [9.17, 15) is 10.1 Å². The number of anilines is 1. The van der Waals surface area contributed by atoms with Crippen molar-refractivity contribution in [3.63, 3.8) is 0 Å². The number of nitrogen functional groups attached to an aromatic ring is 1. The van der Waals surface area contributed by atoms with Crippen LogP contribution >= 0.6 is 0 Å². The Morgan fingerprint density at radius 3 is 2.76 bits per heavy atom. The Bertz CT molecular complexity index is 564. The Morgan fingerprint density at radius 2 is 2.24 bits per heavy atom. The quantitative estimate of drug-likeness (QED) is 0.619. The van der Waals surface area contributed by atoms with Crippen molar-refractivity contribution in [2.24, 2.45) is 0 Å². The van der Waals surface area contributed by atoms with Gasteiger partial charge < -0.3 is 10.5 Å². The van der Waals surface area contributed by atoms with E-state index in [4.69, 9.17) is 10.5 Å². The highest BCUT2D eigenvalue weighted by Crippen LogP contribution is 2.32. The fourth-order valence-corrected chi connectivity index (χ4v) is 1.49. The third kappa shape index (κ3) is 2.03. The zero-order chi connectivity index (χ0) is 12.4. The molecule has 0 saturated heterocycles. The molecule has 7 nitrogen and oxygen atoms in total. The fourth-order valence-electron chi connectivity index (χ4n) is 1.49. The van der Waals surface area contributed by atoms with Gasteiger partial charge in [-0.15, -0.1) is 0 Å². The van der Waals surface area contributed by atoms with Crippen molar-refractivity contribution in [1.82, 2.24) is 10.2 Å². The number of rotatable bonds is 3. The van der Waals surface area contributed by atoms with E-state index in [1.807, 2.05) is 0 Å². The topological polar surface area (TPSA) is 107 Å². The van der Waals surface area contributed by atoms with Gasteiger partial charge in [0.05, 0.1) is 23.3 Å². The summed E-state index contributed by atoms with van der Waals surface area (Å²) < 4.78 is 5.03. The van der Waals surface area contributed by atoms with E-state index >= 15 is 0 Å². The number of aromatic amines is 1. The molecule has 1 heterocycles. The predicted octanol–water partition coefficient (Wildman–Crippen LogP) is 1.58. The lowest BCUT2D eigenvalue weighted by molar-refractivity contribution is -0.384. The summed E-state index contributed by atoms with van der Waals surface area (Å²) in [6.07, 6.45) is 0. The summed E-state index contributed by atoms with van der Waals surface area (Å²) in [7, 11) is 1.49. The number of methoxy groups -OCH3 is 1. The van der Waals surface area contributed by atoms with Crippen molar-refractivity contribution in [3.8, 4) is 17.0 Å². The molecule has 0 spiro atoms. The number of nitrogens with one attached hydrogen (secondary N) is 1. The van der Waals surface area contributed by atoms with Crippen molar-refractivity contribution in [1.29, 1.82) is 0 Å². The van der Waals surface area contributed by atoms with Crippen molar-refractivity contribution >= 4 is 11.5 Å². The van der Waals surface area contributed by atoms with Crippen LogP contribution in [0, 0.1) is 10.1 Å². The molecule has 0 amide bonds. The Balaban J connectivity index is 2.60. The fraction of sp³-hybridized carbons (Fsp3) is 0.100. The molecule has 0 atom stereocenters. The Labute approximate surface area is 96.4 Å². The van der Waals surface area contributed by atoms with Crippen LogP contribution in [0.4, 0.5) is 11.5 Å². The van der Waals surface area contributed by atoms with Crippen LogP contribution in [0.15, 0.2) is 24.3 Å². The zero-order valence-electron chi connectivity index (χ0n) is 9.01. The molecule has 3 N–H and O–H groups in total. The molecule has 0 bridgehead atoms. The Hall–Kier alpha value is -2.57. The zero-order valence-corrected chi connectivity index (χ0v) is 9.01. The van der Waals surface area contributed by atoms with Gasteiger partial charge in [-0.2, -0.15) is 5.10 Å². The largest absolute Gasteiger partial charge is 0.497 e. The molecule has 7 heteroatoms. The van der Waals surface area contributed by atoms with Crippen LogP contribution < -0.4 is 10.5 Å². The molecule has 0 unspecified atom stereocenters. The number of nitro groups is 1. The van der Waals surface area contributed by atoms with E-state index in [1.54, 1.807) is 6.07 Å². The number of nitrogens with zero attached hydrogens (tertiary/aromatic N) is 2. The summed E-state index contributed by atoms with van der Waals surface area (Å²) in [6, 6.07) is 6.00. The maximum atomic E-state index is 10.9. The summed E-state index contributed by atoms with van der Waals surface area (Å²) in [5.74, 6) is 0.802. The number of benzene rings is 1. The van der Waals surface area contributed by atoms with Crippen molar-refractivity contribution in [2.75, 3.05) is 12.8 Å². The average Bonchev–Trinajstić information content (AvgIpc) is 2.75. The van der Waals surface area contributed by atoms with E-state index in [0.29, 0.717) is 17.0 Å². The highest BCUT2D eigenvalue weighted by atomic mass is 16.6. The second kappa shape index (κ2) is 4.12. The third-order valence-corrected chi connectivity index (χ3v) is 2.29. The summed E-state index contributed by atoms with van der Waals surface area (Å²) in [4.78, 5) is 10.4. The first-order chi connectivity index (χ1) is 8.11. The third-order valence-electron chi connectivity index (χ3n) is 2.29. The van der Waals surface area contributed by atoms with Crippen LogP contribution in [-0.2, 0) is 0 Å². The standard InChI is InChI=1S/C10H10N4O3/c1-17-6-2-3-9(14(15)16)7(4-6)8-5-10(11)13-12-8/h2-5H,1H3,(H3,11,12,13). The SMILES string of the molecule is COc1ccc([N+](=O)[O-])c(-c2cc(N)n[nH]2)c1. The van der Waals surface area contributed by atoms with Gasteiger partial charge in [0.15, 0.2) is 0 Å². The molecule has 0 radical (unpaired) electrons. The van der Waals surface area contributed by atoms with Gasteiger partial charge in [-0.25, -0.2) is 0 Å². The minimum atomic E-state index is -0.466. The number of hydrogen-bond acceptors (Lipinski definition) is 5. The molecule has 2 aromatic rings. The number of nitrogens with two attached hydrogens (primary N) is 1. The second-order valence-electron chi connectivity index (χ2n) is 3.35. The molecular weight excluding hydrogens is 224 g/mol. The first kappa shape index (κ1) is 10.9. The molecule has 1 aromatic heterocycles. The second-order valence-corrected chi connectivity index (χ2v) is 3.35. The van der Waals surface area contributed by atoms with Gasteiger partial charge in [0, 0.05) is 12.1 Å². The lowest BCUT2D eigenvalue weighted by Crippen LogP contribution is -1.93. The van der Waals surface area contributed by atoms with Crippen molar-refractivity contribution in [3.05, 3.63) is 34.4 Å². The van der Waals surface area contributed by atoms with Gasteiger partial charge in [0.1, 0.15) is 11.6 Å². The Kier molecular flexibility index (Phi) is 2.65. The van der Waals surface area contributed by atoms with Crippen LogP contribution in [0.1, 0.15) is 0 Å². The molecule has 1 aromatic carbocycles. The summed E-state index contributed by atoms with van der Waals surface area (Å²) in [5.41, 5.74) is 6.30. The lowest BCUT2D eigenvalue weighted by Gasteiger charge is -2.03. The van der Waals surface area contributed by atoms with Crippen LogP contribution in [0.5, 0.6) is 5.75 Å². The van der Waals surface area contributed by atoms with Gasteiger partial charge in [-0.3, -0.25) is 15.2 Å². The van der Waals surface area contributed by atoms with E-state index < -0.39 is 4.92 Å². The van der Waals surface area contributed by atoms with Crippen LogP contribution in [0.3, 0.4) is 0 Å². The predicted molar refractivity (Wildman–Crippen MR) is 61.6 cm³/mol. The van der Waals surface area contributed by atoms with Gasteiger partial charge in [0.2, 0.25) is 0 Å². The number of nitro benzene ring substituents is 1. The molecule has 0 saturated carbocycles. The monoisotopic (exact) mass is 234 g/mol. The Morgan fingerprint density at radius 1 is 1.47 bits per heavy atom. The summed E-state index contributed by atoms with van der Waals surface area (Å²) >= 11 is 0. The first-order valence-electron chi connectivity index (χ1n) is 4.75. The lowest BCUT2D eigenvalue weighted by atomic mass is 10.1. The number of aromatic nitrogens is 2. The van der Waals surface area contributed by atoms with E-state index in [2.05, 4.69) is 10.2 Å². The maximum absolute atomic E-state index is 10.9. The first-order valence-corrected chi connectivity index (χ1v) is 4.75. The smallest absolute Gasteiger partial charge is 0.279 e. The van der Waals surface area contributed by atoms with Gasteiger partial charge >= 0.3 is 0 Å². The minimum absolute atomic E-state index is 0.0329. The highest BCUT2D eigenvalue weighted by molar-refractivity contribution is 5.73. The minimum Gasteiger partial charge on any atom is -0.497 e.